The van der Waals surface area contributed by atoms with Crippen LogP contribution in [0.1, 0.15) is 18.4 Å². The normalized spacial score (nSPS) is 18.2. The van der Waals surface area contributed by atoms with E-state index in [2.05, 4.69) is 15.9 Å². The smallest absolute Gasteiger partial charge is 0.137 e. The predicted octanol–water partition coefficient (Wildman–Crippen LogP) is 4.15. The zero-order chi connectivity index (χ0) is 10.2. The summed E-state index contributed by atoms with van der Waals surface area (Å²) in [4.78, 5) is 0. The molecule has 0 saturated heterocycles. The van der Waals surface area contributed by atoms with Crippen LogP contribution >= 0.6 is 27.5 Å². The van der Waals surface area contributed by atoms with Gasteiger partial charge in [0, 0.05) is 5.88 Å². The van der Waals surface area contributed by atoms with Crippen molar-refractivity contribution in [3.8, 4) is 0 Å². The maximum Gasteiger partial charge on any atom is 0.137 e. The Hall–Kier alpha value is -0.0800. The van der Waals surface area contributed by atoms with Gasteiger partial charge in [-0.3, -0.25) is 0 Å². The third-order valence-corrected chi connectivity index (χ3v) is 3.98. The van der Waals surface area contributed by atoms with Crippen molar-refractivity contribution in [2.45, 2.75) is 19.3 Å². The summed E-state index contributed by atoms with van der Waals surface area (Å²) in [5.74, 6) is 0.506. The second-order valence-electron chi connectivity index (χ2n) is 4.06. The molecule has 0 bridgehead atoms. The van der Waals surface area contributed by atoms with Gasteiger partial charge in [-0.2, -0.15) is 0 Å². The molecule has 76 valence electrons. The molecule has 0 nitrogen and oxygen atoms in total. The standard InChI is InChI=1S/C11H11BrClF/c12-9-5-8(1-2-10(9)14)6-11(7-13)3-4-11/h1-2,5H,3-4,6-7H2. The van der Waals surface area contributed by atoms with Crippen LogP contribution in [0, 0.1) is 11.2 Å². The first-order chi connectivity index (χ1) is 6.65. The van der Waals surface area contributed by atoms with Gasteiger partial charge in [0.15, 0.2) is 0 Å². The van der Waals surface area contributed by atoms with Crippen LogP contribution < -0.4 is 0 Å². The second kappa shape index (κ2) is 3.82. The SMILES string of the molecule is Fc1ccc(CC2(CCl)CC2)cc1Br. The highest BCUT2D eigenvalue weighted by Crippen LogP contribution is 2.49. The molecule has 3 heteroatoms. The van der Waals surface area contributed by atoms with Gasteiger partial charge in [0.2, 0.25) is 0 Å². The summed E-state index contributed by atoms with van der Waals surface area (Å²) in [6.45, 7) is 0. The van der Waals surface area contributed by atoms with E-state index < -0.39 is 0 Å². The lowest BCUT2D eigenvalue weighted by Crippen LogP contribution is -2.06. The van der Waals surface area contributed by atoms with Gasteiger partial charge in [-0.1, -0.05) is 6.07 Å². The Morgan fingerprint density at radius 1 is 1.43 bits per heavy atom. The number of benzene rings is 1. The Morgan fingerprint density at radius 3 is 2.64 bits per heavy atom. The Balaban J connectivity index is 2.14. The lowest BCUT2D eigenvalue weighted by molar-refractivity contribution is 0.574. The summed E-state index contributed by atoms with van der Waals surface area (Å²) in [6.07, 6.45) is 3.37. The van der Waals surface area contributed by atoms with E-state index in [1.54, 1.807) is 0 Å². The molecule has 0 aromatic heterocycles. The number of alkyl halides is 1. The largest absolute Gasteiger partial charge is 0.206 e. The van der Waals surface area contributed by atoms with Gasteiger partial charge in [-0.05, 0) is 58.3 Å². The summed E-state index contributed by atoms with van der Waals surface area (Å²) in [7, 11) is 0. The zero-order valence-corrected chi connectivity index (χ0v) is 10.0. The molecule has 0 heterocycles. The van der Waals surface area contributed by atoms with Crippen molar-refractivity contribution < 1.29 is 4.39 Å². The topological polar surface area (TPSA) is 0 Å². The molecule has 1 fully saturated rings. The average molecular weight is 278 g/mol. The average Bonchev–Trinajstić information content (AvgIpc) is 2.93. The minimum absolute atomic E-state index is 0.204. The van der Waals surface area contributed by atoms with Crippen LogP contribution in [0.3, 0.4) is 0 Å². The van der Waals surface area contributed by atoms with Crippen molar-refractivity contribution in [3.63, 3.8) is 0 Å². The molecular weight excluding hydrogens is 266 g/mol. The molecule has 0 spiro atoms. The Labute approximate surface area is 96.6 Å². The van der Waals surface area contributed by atoms with Crippen LogP contribution in [0.2, 0.25) is 0 Å². The summed E-state index contributed by atoms with van der Waals surface area (Å²) in [6, 6.07) is 5.19. The van der Waals surface area contributed by atoms with Crippen molar-refractivity contribution in [2.24, 2.45) is 5.41 Å². The molecule has 0 amide bonds. The second-order valence-corrected chi connectivity index (χ2v) is 5.18. The highest BCUT2D eigenvalue weighted by molar-refractivity contribution is 9.10. The van der Waals surface area contributed by atoms with Gasteiger partial charge in [-0.15, -0.1) is 11.6 Å². The molecule has 1 saturated carbocycles. The van der Waals surface area contributed by atoms with Crippen molar-refractivity contribution in [2.75, 3.05) is 5.88 Å². The Bertz CT molecular complexity index is 347. The van der Waals surface area contributed by atoms with Gasteiger partial charge >= 0.3 is 0 Å². The molecule has 1 aliphatic carbocycles. The molecule has 0 radical (unpaired) electrons. The van der Waals surface area contributed by atoms with Gasteiger partial charge in [-0.25, -0.2) is 4.39 Å². The predicted molar refractivity (Wildman–Crippen MR) is 60.2 cm³/mol. The van der Waals surface area contributed by atoms with Crippen LogP contribution in [0.4, 0.5) is 4.39 Å². The van der Waals surface area contributed by atoms with Crippen molar-refractivity contribution in [1.29, 1.82) is 0 Å². The van der Waals surface area contributed by atoms with E-state index in [4.69, 9.17) is 11.6 Å². The highest BCUT2D eigenvalue weighted by atomic mass is 79.9. The van der Waals surface area contributed by atoms with Crippen LogP contribution in [0.5, 0.6) is 0 Å². The van der Waals surface area contributed by atoms with E-state index in [0.29, 0.717) is 15.8 Å². The number of rotatable bonds is 3. The first-order valence-corrected chi connectivity index (χ1v) is 5.98. The van der Waals surface area contributed by atoms with Gasteiger partial charge in [0.25, 0.3) is 0 Å². The molecule has 0 aliphatic heterocycles. The maximum atomic E-state index is 13.0. The van der Waals surface area contributed by atoms with E-state index >= 15 is 0 Å². The fraction of sp³-hybridized carbons (Fsp3) is 0.455. The molecule has 1 aliphatic rings. The first kappa shape index (κ1) is 10.4. The monoisotopic (exact) mass is 276 g/mol. The Kier molecular flexibility index (Phi) is 2.85. The van der Waals surface area contributed by atoms with Crippen molar-refractivity contribution >= 4 is 27.5 Å². The zero-order valence-electron chi connectivity index (χ0n) is 7.69. The molecule has 0 atom stereocenters. The van der Waals surface area contributed by atoms with E-state index in [9.17, 15) is 4.39 Å². The van der Waals surface area contributed by atoms with E-state index in [1.165, 1.54) is 18.9 Å². The number of hydrogen-bond acceptors (Lipinski definition) is 0. The molecule has 2 rings (SSSR count). The lowest BCUT2D eigenvalue weighted by atomic mass is 9.99. The first-order valence-electron chi connectivity index (χ1n) is 4.65. The van der Waals surface area contributed by atoms with Crippen molar-refractivity contribution in [3.05, 3.63) is 34.1 Å². The molecule has 1 aromatic rings. The van der Waals surface area contributed by atoms with Crippen LogP contribution in [-0.4, -0.2) is 5.88 Å². The number of halogens is 3. The van der Waals surface area contributed by atoms with E-state index in [1.807, 2.05) is 12.1 Å². The van der Waals surface area contributed by atoms with Crippen molar-refractivity contribution in [1.82, 2.24) is 0 Å². The van der Waals surface area contributed by atoms with Gasteiger partial charge < -0.3 is 0 Å². The molecular formula is C11H11BrClF. The number of hydrogen-bond donors (Lipinski definition) is 0. The summed E-state index contributed by atoms with van der Waals surface area (Å²) in [5, 5.41) is 0. The van der Waals surface area contributed by atoms with Crippen LogP contribution in [-0.2, 0) is 6.42 Å². The third kappa shape index (κ3) is 2.12. The minimum atomic E-state index is -0.204. The van der Waals surface area contributed by atoms with Gasteiger partial charge in [0.1, 0.15) is 5.82 Å². The minimum Gasteiger partial charge on any atom is -0.206 e. The van der Waals surface area contributed by atoms with Crippen LogP contribution in [0.25, 0.3) is 0 Å². The molecule has 0 N–H and O–H groups in total. The molecule has 0 unspecified atom stereocenters. The quantitative estimate of drug-likeness (QED) is 0.728. The summed E-state index contributed by atoms with van der Waals surface area (Å²) in [5.41, 5.74) is 1.47. The molecule has 1 aromatic carbocycles. The fourth-order valence-corrected chi connectivity index (χ4v) is 2.40. The summed E-state index contributed by atoms with van der Waals surface area (Å²) >= 11 is 9.08. The highest BCUT2D eigenvalue weighted by Gasteiger charge is 2.41. The van der Waals surface area contributed by atoms with Crippen LogP contribution in [0.15, 0.2) is 22.7 Å². The fourth-order valence-electron chi connectivity index (χ4n) is 1.62. The lowest BCUT2D eigenvalue weighted by Gasteiger charge is -2.11. The van der Waals surface area contributed by atoms with Gasteiger partial charge in [0.05, 0.1) is 4.47 Å². The summed E-state index contributed by atoms with van der Waals surface area (Å²) < 4.78 is 13.5. The maximum absolute atomic E-state index is 13.0. The van der Waals surface area contributed by atoms with E-state index in [-0.39, 0.29) is 5.82 Å². The van der Waals surface area contributed by atoms with E-state index in [0.717, 1.165) is 12.0 Å². The third-order valence-electron chi connectivity index (χ3n) is 2.80. The molecule has 14 heavy (non-hydrogen) atoms. The Morgan fingerprint density at radius 2 is 2.14 bits per heavy atom.